The fourth-order valence-corrected chi connectivity index (χ4v) is 4.57. The van der Waals surface area contributed by atoms with E-state index in [4.69, 9.17) is 9.47 Å². The summed E-state index contributed by atoms with van der Waals surface area (Å²) in [7, 11) is 1.67. The molecule has 1 N–H and O–H groups in total. The molecule has 4 rings (SSSR count). The van der Waals surface area contributed by atoms with E-state index in [1.54, 1.807) is 7.11 Å². The third-order valence-electron chi connectivity index (χ3n) is 6.01. The van der Waals surface area contributed by atoms with Crippen LogP contribution < -0.4 is 14.8 Å². The number of benzene rings is 3. The summed E-state index contributed by atoms with van der Waals surface area (Å²) in [6.07, 6.45) is 2.37. The van der Waals surface area contributed by atoms with Crippen LogP contribution >= 0.6 is 15.9 Å². The molecule has 0 unspecified atom stereocenters. The van der Waals surface area contributed by atoms with Crippen molar-refractivity contribution in [1.29, 1.82) is 0 Å². The summed E-state index contributed by atoms with van der Waals surface area (Å²) < 4.78 is 12.3. The Morgan fingerprint density at radius 3 is 2.42 bits per heavy atom. The Morgan fingerprint density at radius 2 is 1.70 bits per heavy atom. The number of likely N-dealkylation sites (tertiary alicyclic amines) is 1. The summed E-state index contributed by atoms with van der Waals surface area (Å²) in [6, 6.07) is 23.6. The quantitative estimate of drug-likeness (QED) is 0.408. The highest BCUT2D eigenvalue weighted by atomic mass is 79.9. The first-order valence-electron chi connectivity index (χ1n) is 11.3. The van der Waals surface area contributed by atoms with Crippen LogP contribution in [-0.4, -0.2) is 37.6 Å². The van der Waals surface area contributed by atoms with Crippen molar-refractivity contribution in [3.8, 4) is 11.5 Å². The molecular weight excluding hydrogens is 480 g/mol. The molecule has 1 heterocycles. The maximum Gasteiger partial charge on any atom is 0.255 e. The standard InChI is InChI=1S/C27H29BrN2O3/c1-32-22-14-12-20(13-15-22)25(30-16-6-7-17-30)18-29-27(31)23-9-3-5-11-26(23)33-19-21-8-2-4-10-24(21)28/h2-5,8-15,25H,6-7,16-19H2,1H3,(H,29,31)/t25-/m1/s1. The molecule has 1 saturated heterocycles. The van der Waals surface area contributed by atoms with Gasteiger partial charge in [0.25, 0.3) is 5.91 Å². The summed E-state index contributed by atoms with van der Waals surface area (Å²) in [5, 5.41) is 3.15. The van der Waals surface area contributed by atoms with Crippen molar-refractivity contribution in [3.63, 3.8) is 0 Å². The second-order valence-corrected chi connectivity index (χ2v) is 8.97. The lowest BCUT2D eigenvalue weighted by atomic mass is 10.0. The maximum absolute atomic E-state index is 13.2. The van der Waals surface area contributed by atoms with Crippen LogP contribution in [0.4, 0.5) is 0 Å². The van der Waals surface area contributed by atoms with Gasteiger partial charge in [-0.3, -0.25) is 9.69 Å². The Balaban J connectivity index is 1.45. The number of halogens is 1. The molecule has 1 amide bonds. The van der Waals surface area contributed by atoms with Crippen molar-refractivity contribution in [3.05, 3.63) is 94.0 Å². The zero-order chi connectivity index (χ0) is 23.0. The molecule has 5 nitrogen and oxygen atoms in total. The Hall–Kier alpha value is -2.83. The van der Waals surface area contributed by atoms with Gasteiger partial charge in [-0.25, -0.2) is 0 Å². The molecule has 0 saturated carbocycles. The molecule has 1 atom stereocenters. The van der Waals surface area contributed by atoms with E-state index in [2.05, 4.69) is 38.3 Å². The van der Waals surface area contributed by atoms with Crippen molar-refractivity contribution >= 4 is 21.8 Å². The minimum absolute atomic E-state index is 0.121. The number of hydrogen-bond acceptors (Lipinski definition) is 4. The van der Waals surface area contributed by atoms with Crippen LogP contribution in [0.25, 0.3) is 0 Å². The minimum atomic E-state index is -0.129. The van der Waals surface area contributed by atoms with Crippen molar-refractivity contribution in [1.82, 2.24) is 10.2 Å². The Bertz CT molecular complexity index is 1060. The number of nitrogens with one attached hydrogen (secondary N) is 1. The van der Waals surface area contributed by atoms with Gasteiger partial charge in [-0.15, -0.1) is 0 Å². The number of carbonyl (C=O) groups excluding carboxylic acids is 1. The van der Waals surface area contributed by atoms with Gasteiger partial charge >= 0.3 is 0 Å². The molecule has 0 aromatic heterocycles. The molecule has 6 heteroatoms. The molecule has 0 aliphatic carbocycles. The third kappa shape index (κ3) is 5.95. The van der Waals surface area contributed by atoms with Gasteiger partial charge in [-0.1, -0.05) is 58.4 Å². The summed E-state index contributed by atoms with van der Waals surface area (Å²) in [6.45, 7) is 2.99. The smallest absolute Gasteiger partial charge is 0.255 e. The summed E-state index contributed by atoms with van der Waals surface area (Å²) in [5.41, 5.74) is 2.75. The molecule has 33 heavy (non-hydrogen) atoms. The fourth-order valence-electron chi connectivity index (χ4n) is 4.17. The van der Waals surface area contributed by atoms with E-state index in [-0.39, 0.29) is 11.9 Å². The predicted molar refractivity (Wildman–Crippen MR) is 134 cm³/mol. The number of methoxy groups -OCH3 is 1. The molecule has 0 radical (unpaired) electrons. The summed E-state index contributed by atoms with van der Waals surface area (Å²) in [4.78, 5) is 15.6. The van der Waals surface area contributed by atoms with E-state index < -0.39 is 0 Å². The van der Waals surface area contributed by atoms with Crippen LogP contribution in [0.2, 0.25) is 0 Å². The highest BCUT2D eigenvalue weighted by molar-refractivity contribution is 9.10. The van der Waals surface area contributed by atoms with Crippen LogP contribution in [0.3, 0.4) is 0 Å². The molecule has 0 spiro atoms. The first-order valence-corrected chi connectivity index (χ1v) is 12.1. The topological polar surface area (TPSA) is 50.8 Å². The Morgan fingerprint density at radius 1 is 1.00 bits per heavy atom. The van der Waals surface area contributed by atoms with Gasteiger partial charge in [0.15, 0.2) is 0 Å². The minimum Gasteiger partial charge on any atom is -0.497 e. The van der Waals surface area contributed by atoms with E-state index in [9.17, 15) is 4.79 Å². The first kappa shape index (κ1) is 23.3. The molecule has 1 fully saturated rings. The molecule has 1 aliphatic rings. The largest absolute Gasteiger partial charge is 0.497 e. The van der Waals surface area contributed by atoms with Gasteiger partial charge in [-0.05, 0) is 61.8 Å². The summed E-state index contributed by atoms with van der Waals surface area (Å²) in [5.74, 6) is 1.28. The van der Waals surface area contributed by atoms with Gasteiger partial charge in [0.05, 0.1) is 18.7 Å². The average Bonchev–Trinajstić information content (AvgIpc) is 3.39. The number of amides is 1. The second-order valence-electron chi connectivity index (χ2n) is 8.12. The van der Waals surface area contributed by atoms with E-state index in [0.29, 0.717) is 24.5 Å². The summed E-state index contributed by atoms with van der Waals surface area (Å²) >= 11 is 3.55. The molecule has 1 aliphatic heterocycles. The van der Waals surface area contributed by atoms with E-state index in [1.165, 1.54) is 18.4 Å². The normalized spacial score (nSPS) is 14.6. The van der Waals surface area contributed by atoms with E-state index in [1.807, 2.05) is 60.7 Å². The number of rotatable bonds is 9. The lowest BCUT2D eigenvalue weighted by Gasteiger charge is -2.28. The van der Waals surface area contributed by atoms with Crippen LogP contribution in [-0.2, 0) is 6.61 Å². The Labute approximate surface area is 203 Å². The second kappa shape index (κ2) is 11.3. The molecular formula is C27H29BrN2O3. The van der Waals surface area contributed by atoms with Crippen LogP contribution in [0.5, 0.6) is 11.5 Å². The molecule has 3 aromatic rings. The van der Waals surface area contributed by atoms with Gasteiger partial charge in [0.2, 0.25) is 0 Å². The van der Waals surface area contributed by atoms with Gasteiger partial charge in [0, 0.05) is 16.6 Å². The SMILES string of the molecule is COc1ccc([C@@H](CNC(=O)c2ccccc2OCc2ccccc2Br)N2CCCC2)cc1. The number of hydrogen-bond donors (Lipinski definition) is 1. The van der Waals surface area contributed by atoms with E-state index in [0.717, 1.165) is 28.9 Å². The van der Waals surface area contributed by atoms with Gasteiger partial charge < -0.3 is 14.8 Å². The number of nitrogens with zero attached hydrogens (tertiary/aromatic N) is 1. The zero-order valence-corrected chi connectivity index (χ0v) is 20.4. The van der Waals surface area contributed by atoms with E-state index >= 15 is 0 Å². The highest BCUT2D eigenvalue weighted by Gasteiger charge is 2.24. The van der Waals surface area contributed by atoms with Gasteiger partial charge in [0.1, 0.15) is 18.1 Å². The van der Waals surface area contributed by atoms with Gasteiger partial charge in [-0.2, -0.15) is 0 Å². The predicted octanol–water partition coefficient (Wildman–Crippen LogP) is 5.60. The Kier molecular flexibility index (Phi) is 8.02. The number of carbonyl (C=O) groups is 1. The van der Waals surface area contributed by atoms with Crippen LogP contribution in [0.1, 0.15) is 40.4 Å². The van der Waals surface area contributed by atoms with Crippen LogP contribution in [0, 0.1) is 0 Å². The number of ether oxygens (including phenoxy) is 2. The zero-order valence-electron chi connectivity index (χ0n) is 18.8. The molecule has 0 bridgehead atoms. The number of para-hydroxylation sites is 1. The highest BCUT2D eigenvalue weighted by Crippen LogP contribution is 2.27. The lowest BCUT2D eigenvalue weighted by Crippen LogP contribution is -2.36. The first-order chi connectivity index (χ1) is 16.2. The fraction of sp³-hybridized carbons (Fsp3) is 0.296. The lowest BCUT2D eigenvalue weighted by molar-refractivity contribution is 0.0933. The van der Waals surface area contributed by atoms with Crippen molar-refractivity contribution in [2.75, 3.05) is 26.7 Å². The van der Waals surface area contributed by atoms with Crippen molar-refractivity contribution in [2.24, 2.45) is 0 Å². The van der Waals surface area contributed by atoms with Crippen molar-refractivity contribution in [2.45, 2.75) is 25.5 Å². The molecule has 3 aromatic carbocycles. The van der Waals surface area contributed by atoms with Crippen LogP contribution in [0.15, 0.2) is 77.3 Å². The third-order valence-corrected chi connectivity index (χ3v) is 6.78. The van der Waals surface area contributed by atoms with Crippen molar-refractivity contribution < 1.29 is 14.3 Å². The monoisotopic (exact) mass is 508 g/mol. The maximum atomic E-state index is 13.2. The average molecular weight is 509 g/mol. The molecule has 172 valence electrons.